The van der Waals surface area contributed by atoms with Gasteiger partial charge in [-0.3, -0.25) is 0 Å². The molecule has 0 saturated heterocycles. The lowest BCUT2D eigenvalue weighted by Crippen LogP contribution is -2.37. The smallest absolute Gasteiger partial charge is 0.430 e. The van der Waals surface area contributed by atoms with Crippen molar-refractivity contribution in [2.45, 2.75) is 64.5 Å². The van der Waals surface area contributed by atoms with Crippen LogP contribution in [0.3, 0.4) is 0 Å². The topological polar surface area (TPSA) is 40.1 Å². The molecule has 0 atom stereocenters. The van der Waals surface area contributed by atoms with Crippen LogP contribution in [0, 0.1) is 0 Å². The second-order valence-electron chi connectivity index (χ2n) is 6.27. The molecule has 0 bridgehead atoms. The average molecular weight is 313 g/mol. The Hall–Kier alpha value is -0.780. The van der Waals surface area contributed by atoms with Crippen LogP contribution in [0.15, 0.2) is 0 Å². The molecule has 0 aromatic carbocycles. The third-order valence-electron chi connectivity index (χ3n) is 2.91. The Bertz CT molecular complexity index is 261. The molecule has 0 aliphatic carbocycles. The Labute approximate surface area is 126 Å². The molecule has 0 heterocycles. The highest BCUT2D eigenvalue weighted by molar-refractivity contribution is 5.70. The molecule has 0 amide bonds. The van der Waals surface area contributed by atoms with Gasteiger partial charge in [-0.15, -0.1) is 0 Å². The van der Waals surface area contributed by atoms with E-state index >= 15 is 0 Å². The van der Waals surface area contributed by atoms with Gasteiger partial charge in [0.1, 0.15) is 5.97 Å². The van der Waals surface area contributed by atoms with Gasteiger partial charge in [0.25, 0.3) is 0 Å². The van der Waals surface area contributed by atoms with E-state index in [1.807, 2.05) is 0 Å². The molecule has 0 spiro atoms. The first-order valence-electron chi connectivity index (χ1n) is 7.59. The van der Waals surface area contributed by atoms with Gasteiger partial charge in [-0.25, -0.2) is 0 Å². The summed E-state index contributed by atoms with van der Waals surface area (Å²) in [4.78, 5) is 8.78. The molecular formula is C15H30F3NO2. The van der Waals surface area contributed by atoms with E-state index in [9.17, 15) is 13.2 Å². The lowest BCUT2D eigenvalue weighted by molar-refractivity contribution is -0.870. The lowest BCUT2D eigenvalue weighted by Gasteiger charge is -2.23. The fourth-order valence-corrected chi connectivity index (χ4v) is 1.72. The summed E-state index contributed by atoms with van der Waals surface area (Å²) in [5.41, 5.74) is 0. The van der Waals surface area contributed by atoms with E-state index in [-0.39, 0.29) is 0 Å². The van der Waals surface area contributed by atoms with Gasteiger partial charge < -0.3 is 14.4 Å². The highest BCUT2D eigenvalue weighted by Gasteiger charge is 2.28. The van der Waals surface area contributed by atoms with Gasteiger partial charge in [0.2, 0.25) is 0 Å². The lowest BCUT2D eigenvalue weighted by atomic mass is 10.1. The molecule has 128 valence electrons. The highest BCUT2D eigenvalue weighted by Crippen LogP contribution is 2.11. The number of aliphatic carboxylic acids is 1. The summed E-state index contributed by atoms with van der Waals surface area (Å²) in [6, 6.07) is 0. The number of halogens is 3. The molecule has 0 aromatic heterocycles. The number of nitrogens with zero attached hydrogens (tertiary/aromatic N) is 1. The van der Waals surface area contributed by atoms with Crippen molar-refractivity contribution in [1.29, 1.82) is 0 Å². The predicted molar refractivity (Wildman–Crippen MR) is 76.6 cm³/mol. The van der Waals surface area contributed by atoms with Crippen LogP contribution >= 0.6 is 0 Å². The minimum atomic E-state index is -5.19. The number of hydrogen-bond acceptors (Lipinski definition) is 2. The number of carboxylic acids is 1. The van der Waals surface area contributed by atoms with Crippen molar-refractivity contribution in [3.63, 3.8) is 0 Å². The van der Waals surface area contributed by atoms with Gasteiger partial charge in [0.05, 0.1) is 27.7 Å². The molecule has 0 radical (unpaired) electrons. The molecule has 0 aromatic rings. The van der Waals surface area contributed by atoms with Gasteiger partial charge in [-0.1, -0.05) is 45.4 Å². The number of carbonyl (C=O) groups excluding carboxylic acids is 1. The minimum Gasteiger partial charge on any atom is -0.542 e. The summed E-state index contributed by atoms with van der Waals surface area (Å²) >= 11 is 0. The number of hydrogen-bond donors (Lipinski definition) is 0. The quantitative estimate of drug-likeness (QED) is 0.485. The molecule has 0 rings (SSSR count). The largest absolute Gasteiger partial charge is 0.542 e. The van der Waals surface area contributed by atoms with Crippen LogP contribution in [0.25, 0.3) is 0 Å². The van der Waals surface area contributed by atoms with E-state index in [0.29, 0.717) is 0 Å². The van der Waals surface area contributed by atoms with E-state index < -0.39 is 12.1 Å². The van der Waals surface area contributed by atoms with Crippen molar-refractivity contribution in [1.82, 2.24) is 0 Å². The number of rotatable bonds is 9. The van der Waals surface area contributed by atoms with Crippen LogP contribution in [-0.2, 0) is 4.79 Å². The van der Waals surface area contributed by atoms with Gasteiger partial charge in [-0.2, -0.15) is 13.2 Å². The monoisotopic (exact) mass is 313 g/mol. The maximum atomic E-state index is 10.5. The molecule has 0 aliphatic rings. The number of unbranched alkanes of at least 4 members (excludes halogenated alkanes) is 7. The Morgan fingerprint density at radius 2 is 1.24 bits per heavy atom. The van der Waals surface area contributed by atoms with Crippen molar-refractivity contribution in [2.75, 3.05) is 27.7 Å². The Morgan fingerprint density at radius 3 is 1.52 bits per heavy atom. The fraction of sp³-hybridized carbons (Fsp3) is 0.933. The van der Waals surface area contributed by atoms with E-state index in [4.69, 9.17) is 9.90 Å². The van der Waals surface area contributed by atoms with Crippen molar-refractivity contribution in [2.24, 2.45) is 0 Å². The van der Waals surface area contributed by atoms with Crippen molar-refractivity contribution >= 4 is 5.97 Å². The van der Waals surface area contributed by atoms with E-state index in [1.165, 1.54) is 57.9 Å². The van der Waals surface area contributed by atoms with Crippen molar-refractivity contribution in [3.05, 3.63) is 0 Å². The summed E-state index contributed by atoms with van der Waals surface area (Å²) in [5.74, 6) is -3.01. The molecule has 0 saturated carbocycles. The van der Waals surface area contributed by atoms with Crippen LogP contribution in [0.5, 0.6) is 0 Å². The predicted octanol–water partition coefficient (Wildman–Crippen LogP) is 3.13. The molecule has 3 nitrogen and oxygen atoms in total. The van der Waals surface area contributed by atoms with Crippen LogP contribution in [0.4, 0.5) is 13.2 Å². The Kier molecular flexibility index (Phi) is 12.7. The molecule has 0 aliphatic heterocycles. The zero-order valence-electron chi connectivity index (χ0n) is 13.8. The zero-order chi connectivity index (χ0) is 16.9. The summed E-state index contributed by atoms with van der Waals surface area (Å²) in [5, 5.41) is 8.78. The van der Waals surface area contributed by atoms with Crippen LogP contribution in [0.1, 0.15) is 58.3 Å². The van der Waals surface area contributed by atoms with Crippen LogP contribution in [0.2, 0.25) is 0 Å². The van der Waals surface area contributed by atoms with Gasteiger partial charge >= 0.3 is 6.18 Å². The summed E-state index contributed by atoms with van der Waals surface area (Å²) < 4.78 is 32.7. The van der Waals surface area contributed by atoms with E-state index in [2.05, 4.69) is 28.1 Å². The van der Waals surface area contributed by atoms with Gasteiger partial charge in [-0.05, 0) is 12.8 Å². The van der Waals surface area contributed by atoms with Crippen LogP contribution < -0.4 is 5.11 Å². The maximum Gasteiger partial charge on any atom is 0.430 e. The first-order valence-corrected chi connectivity index (χ1v) is 7.59. The van der Waals surface area contributed by atoms with Crippen molar-refractivity contribution in [3.8, 4) is 0 Å². The molecule has 21 heavy (non-hydrogen) atoms. The Balaban J connectivity index is 0. The summed E-state index contributed by atoms with van der Waals surface area (Å²) in [6.45, 7) is 3.61. The first-order chi connectivity index (χ1) is 9.50. The van der Waals surface area contributed by atoms with Crippen LogP contribution in [-0.4, -0.2) is 44.3 Å². The second kappa shape index (κ2) is 11.8. The van der Waals surface area contributed by atoms with Gasteiger partial charge in [0, 0.05) is 0 Å². The van der Waals surface area contributed by atoms with Crippen molar-refractivity contribution < 1.29 is 27.6 Å². The second-order valence-corrected chi connectivity index (χ2v) is 6.27. The highest BCUT2D eigenvalue weighted by atomic mass is 19.4. The molecule has 0 fully saturated rings. The first kappa shape index (κ1) is 22.5. The van der Waals surface area contributed by atoms with E-state index in [1.54, 1.807) is 0 Å². The number of quaternary nitrogens is 1. The summed E-state index contributed by atoms with van der Waals surface area (Å²) in [7, 11) is 6.84. The SMILES string of the molecule is CCCCCCCCCC[N+](C)(C)C.O=C([O-])C(F)(F)F. The molecule has 6 heteroatoms. The standard InChI is InChI=1S/C13H30N.C2HF3O2/c1-5-6-7-8-9-10-11-12-13-14(2,3)4;3-2(4,5)1(6)7/h5-13H2,1-4H3;(H,6,7)/q+1;/p-1. The normalized spacial score (nSPS) is 11.8. The molecular weight excluding hydrogens is 283 g/mol. The number of alkyl halides is 3. The maximum absolute atomic E-state index is 10.5. The third kappa shape index (κ3) is 21.7. The zero-order valence-corrected chi connectivity index (χ0v) is 13.8. The number of carbonyl (C=O) groups is 1. The average Bonchev–Trinajstić information content (AvgIpc) is 2.31. The number of carboxylic acid groups (broad SMARTS) is 1. The summed E-state index contributed by atoms with van der Waals surface area (Å²) in [6.07, 6.45) is 6.24. The molecule has 0 unspecified atom stereocenters. The fourth-order valence-electron chi connectivity index (χ4n) is 1.72. The van der Waals surface area contributed by atoms with E-state index in [0.717, 1.165) is 4.48 Å². The minimum absolute atomic E-state index is 1.12. The Morgan fingerprint density at radius 1 is 0.905 bits per heavy atom. The van der Waals surface area contributed by atoms with Gasteiger partial charge in [0.15, 0.2) is 0 Å². The molecule has 0 N–H and O–H groups in total. The third-order valence-corrected chi connectivity index (χ3v) is 2.91.